The van der Waals surface area contributed by atoms with E-state index in [-0.39, 0.29) is 29.6 Å². The van der Waals surface area contributed by atoms with Gasteiger partial charge in [-0.15, -0.1) is 0 Å². The molecule has 0 aliphatic heterocycles. The quantitative estimate of drug-likeness (QED) is 0.388. The molecule has 52 valence electrons. The summed E-state index contributed by atoms with van der Waals surface area (Å²) < 4.78 is 0. The van der Waals surface area contributed by atoms with Gasteiger partial charge in [0.15, 0.2) is 0 Å². The van der Waals surface area contributed by atoms with E-state index in [9.17, 15) is 9.90 Å². The van der Waals surface area contributed by atoms with Crippen molar-refractivity contribution >= 4 is 5.97 Å². The van der Waals surface area contributed by atoms with Crippen molar-refractivity contribution in [1.29, 1.82) is 0 Å². The van der Waals surface area contributed by atoms with Gasteiger partial charge in [0.25, 0.3) is 0 Å². The van der Waals surface area contributed by atoms with Crippen LogP contribution in [0.1, 0.15) is 19.3 Å². The molecular formula is C6H9NaO3. The minimum absolute atomic E-state index is 0. The number of carboxylic acids is 1. The van der Waals surface area contributed by atoms with Gasteiger partial charge >= 0.3 is 29.6 Å². The molecule has 0 saturated heterocycles. The van der Waals surface area contributed by atoms with Gasteiger partial charge in [-0.3, -0.25) is 0 Å². The molecule has 2 atom stereocenters. The van der Waals surface area contributed by atoms with Gasteiger partial charge in [0, 0.05) is 11.9 Å². The van der Waals surface area contributed by atoms with Gasteiger partial charge < -0.3 is 15.0 Å². The largest absolute Gasteiger partial charge is 1.00 e. The van der Waals surface area contributed by atoms with E-state index in [4.69, 9.17) is 5.11 Å². The summed E-state index contributed by atoms with van der Waals surface area (Å²) in [6.45, 7) is 0. The van der Waals surface area contributed by atoms with Gasteiger partial charge in [0.05, 0.1) is 6.10 Å². The molecule has 0 bridgehead atoms. The fraction of sp³-hybridized carbons (Fsp3) is 0.833. The van der Waals surface area contributed by atoms with Crippen LogP contribution in [0.3, 0.4) is 0 Å². The number of carbonyl (C=O) groups excluding carboxylic acids is 1. The first kappa shape index (κ1) is 10.4. The second kappa shape index (κ2) is 4.34. The van der Waals surface area contributed by atoms with E-state index >= 15 is 0 Å². The van der Waals surface area contributed by atoms with Gasteiger partial charge in [0.1, 0.15) is 0 Å². The fourth-order valence-electron chi connectivity index (χ4n) is 1.17. The summed E-state index contributed by atoms with van der Waals surface area (Å²) >= 11 is 0. The van der Waals surface area contributed by atoms with Crippen LogP contribution in [0.15, 0.2) is 0 Å². The van der Waals surface area contributed by atoms with Crippen molar-refractivity contribution in [2.75, 3.05) is 0 Å². The van der Waals surface area contributed by atoms with Gasteiger partial charge in [0.2, 0.25) is 0 Å². The molecule has 0 aromatic carbocycles. The Bertz CT molecular complexity index is 126. The molecule has 10 heavy (non-hydrogen) atoms. The minimum atomic E-state index is -1.02. The van der Waals surface area contributed by atoms with Crippen molar-refractivity contribution in [3.8, 4) is 0 Å². The summed E-state index contributed by atoms with van der Waals surface area (Å²) in [4.78, 5) is 10.1. The van der Waals surface area contributed by atoms with Crippen LogP contribution >= 0.6 is 0 Å². The molecule has 0 aromatic rings. The first-order valence-corrected chi connectivity index (χ1v) is 3.09. The minimum Gasteiger partial charge on any atom is -0.550 e. The first-order chi connectivity index (χ1) is 4.20. The number of hydrogen-bond donors (Lipinski definition) is 1. The van der Waals surface area contributed by atoms with Crippen LogP contribution in [0.25, 0.3) is 0 Å². The summed E-state index contributed by atoms with van der Waals surface area (Å²) in [5, 5.41) is 19.0. The van der Waals surface area contributed by atoms with Gasteiger partial charge in [-0.05, 0) is 19.3 Å². The predicted octanol–water partition coefficient (Wildman–Crippen LogP) is -4.10. The number of carbonyl (C=O) groups is 1. The zero-order valence-electron chi connectivity index (χ0n) is 6.04. The van der Waals surface area contributed by atoms with E-state index in [1.54, 1.807) is 0 Å². The van der Waals surface area contributed by atoms with Crippen LogP contribution in [0, 0.1) is 5.92 Å². The zero-order chi connectivity index (χ0) is 6.85. The Morgan fingerprint density at radius 3 is 2.30 bits per heavy atom. The van der Waals surface area contributed by atoms with Gasteiger partial charge in [-0.25, -0.2) is 0 Å². The van der Waals surface area contributed by atoms with Crippen molar-refractivity contribution in [3.63, 3.8) is 0 Å². The van der Waals surface area contributed by atoms with Gasteiger partial charge in [-0.2, -0.15) is 0 Å². The molecule has 3 nitrogen and oxygen atoms in total. The third-order valence-electron chi connectivity index (χ3n) is 1.74. The molecular weight excluding hydrogens is 143 g/mol. The number of aliphatic carboxylic acids is 1. The molecule has 1 rings (SSSR count). The topological polar surface area (TPSA) is 60.4 Å². The van der Waals surface area contributed by atoms with E-state index in [1.807, 2.05) is 0 Å². The molecule has 0 heterocycles. The third-order valence-corrected chi connectivity index (χ3v) is 1.74. The van der Waals surface area contributed by atoms with E-state index in [0.29, 0.717) is 19.3 Å². The van der Waals surface area contributed by atoms with Crippen molar-refractivity contribution in [2.45, 2.75) is 25.4 Å². The SMILES string of the molecule is O=C([O-])C1CCC(O)C1.[Na+]. The van der Waals surface area contributed by atoms with Crippen LogP contribution in [0.5, 0.6) is 0 Å². The molecule has 1 N–H and O–H groups in total. The van der Waals surface area contributed by atoms with Crippen LogP contribution < -0.4 is 34.7 Å². The number of rotatable bonds is 1. The summed E-state index contributed by atoms with van der Waals surface area (Å²) in [5.41, 5.74) is 0. The Hall–Kier alpha value is 0.430. The van der Waals surface area contributed by atoms with Crippen molar-refractivity contribution in [2.24, 2.45) is 5.92 Å². The molecule has 0 spiro atoms. The molecule has 2 unspecified atom stereocenters. The summed E-state index contributed by atoms with van der Waals surface area (Å²) in [7, 11) is 0. The number of hydrogen-bond acceptors (Lipinski definition) is 3. The Morgan fingerprint density at radius 1 is 1.50 bits per heavy atom. The maximum absolute atomic E-state index is 10.1. The zero-order valence-corrected chi connectivity index (χ0v) is 8.04. The average molecular weight is 152 g/mol. The van der Waals surface area contributed by atoms with Crippen LogP contribution in [-0.2, 0) is 4.79 Å². The number of carboxylic acid groups (broad SMARTS) is 1. The van der Waals surface area contributed by atoms with Crippen LogP contribution in [0.4, 0.5) is 0 Å². The van der Waals surface area contributed by atoms with Crippen molar-refractivity contribution < 1.29 is 44.6 Å². The van der Waals surface area contributed by atoms with Crippen molar-refractivity contribution in [1.82, 2.24) is 0 Å². The summed E-state index contributed by atoms with van der Waals surface area (Å²) in [6.07, 6.45) is 1.15. The molecule has 1 fully saturated rings. The maximum Gasteiger partial charge on any atom is 1.00 e. The Morgan fingerprint density at radius 2 is 2.10 bits per heavy atom. The molecule has 1 aliphatic rings. The van der Waals surface area contributed by atoms with E-state index in [1.165, 1.54) is 0 Å². The maximum atomic E-state index is 10.1. The van der Waals surface area contributed by atoms with Crippen molar-refractivity contribution in [3.05, 3.63) is 0 Å². The standard InChI is InChI=1S/C6H10O3.Na/c7-5-2-1-4(3-5)6(8)9;/h4-5,7H,1-3H2,(H,8,9);/q;+1/p-1. The first-order valence-electron chi connectivity index (χ1n) is 3.09. The molecule has 0 aromatic heterocycles. The average Bonchev–Trinajstić information content (AvgIpc) is 2.14. The second-order valence-corrected chi connectivity index (χ2v) is 2.48. The Balaban J connectivity index is 0.000000810. The third kappa shape index (κ3) is 2.58. The summed E-state index contributed by atoms with van der Waals surface area (Å²) in [6, 6.07) is 0. The monoisotopic (exact) mass is 152 g/mol. The van der Waals surface area contributed by atoms with E-state index < -0.39 is 18.0 Å². The van der Waals surface area contributed by atoms with Crippen LogP contribution in [-0.4, -0.2) is 17.2 Å². The Labute approximate surface area is 81.7 Å². The normalized spacial score (nSPS) is 31.3. The van der Waals surface area contributed by atoms with Crippen LogP contribution in [0.2, 0.25) is 0 Å². The van der Waals surface area contributed by atoms with E-state index in [2.05, 4.69) is 0 Å². The molecule has 0 radical (unpaired) electrons. The number of aliphatic hydroxyl groups excluding tert-OH is 1. The Kier molecular flexibility index (Phi) is 4.52. The second-order valence-electron chi connectivity index (χ2n) is 2.48. The molecule has 0 amide bonds. The molecule has 1 aliphatic carbocycles. The van der Waals surface area contributed by atoms with E-state index in [0.717, 1.165) is 0 Å². The molecule has 1 saturated carbocycles. The number of aliphatic hydroxyl groups is 1. The summed E-state index contributed by atoms with van der Waals surface area (Å²) in [5.74, 6) is -1.42. The molecule has 4 heteroatoms. The fourth-order valence-corrected chi connectivity index (χ4v) is 1.17. The van der Waals surface area contributed by atoms with Gasteiger partial charge in [-0.1, -0.05) is 0 Å². The predicted molar refractivity (Wildman–Crippen MR) is 28.4 cm³/mol. The smallest absolute Gasteiger partial charge is 0.550 e.